The lowest BCUT2D eigenvalue weighted by molar-refractivity contribution is -0.385. The summed E-state index contributed by atoms with van der Waals surface area (Å²) < 4.78 is 6.06. The summed E-state index contributed by atoms with van der Waals surface area (Å²) in [6.45, 7) is 0.0920. The van der Waals surface area contributed by atoms with E-state index in [0.717, 1.165) is 0 Å². The summed E-state index contributed by atoms with van der Waals surface area (Å²) in [4.78, 5) is 14.5. The van der Waals surface area contributed by atoms with Crippen molar-refractivity contribution in [2.24, 2.45) is 0 Å². The van der Waals surface area contributed by atoms with Gasteiger partial charge in [0.1, 0.15) is 6.61 Å². The lowest BCUT2D eigenvalue weighted by Gasteiger charge is -2.07. The highest BCUT2D eigenvalue weighted by Gasteiger charge is 2.16. The number of nitrogens with zero attached hydrogens (tertiary/aromatic N) is 2. The molecule has 0 atom stereocenters. The van der Waals surface area contributed by atoms with Gasteiger partial charge in [0.05, 0.1) is 10.5 Å². The molecule has 0 saturated heterocycles. The molecule has 0 spiro atoms. The molecule has 1 heterocycles. The molecule has 92 valence electrons. The average Bonchev–Trinajstić information content (AvgIpc) is 2.38. The van der Waals surface area contributed by atoms with Crippen LogP contribution >= 0.6 is 15.9 Å². The van der Waals surface area contributed by atoms with Crippen molar-refractivity contribution in [3.8, 4) is 5.88 Å². The fraction of sp³-hybridized carbons (Fsp3) is 0.0833. The summed E-state index contributed by atoms with van der Waals surface area (Å²) in [6.07, 6.45) is 1.60. The van der Waals surface area contributed by atoms with Crippen molar-refractivity contribution in [3.05, 3.63) is 62.7 Å². The Hall–Kier alpha value is -1.95. The van der Waals surface area contributed by atoms with E-state index in [9.17, 15) is 10.1 Å². The van der Waals surface area contributed by atoms with Gasteiger partial charge in [-0.25, -0.2) is 4.98 Å². The van der Waals surface area contributed by atoms with E-state index in [2.05, 4.69) is 20.9 Å². The van der Waals surface area contributed by atoms with E-state index in [1.807, 2.05) is 0 Å². The predicted molar refractivity (Wildman–Crippen MR) is 69.4 cm³/mol. The Balaban J connectivity index is 2.21. The third-order valence-corrected chi connectivity index (χ3v) is 3.04. The van der Waals surface area contributed by atoms with Gasteiger partial charge in [-0.3, -0.25) is 10.1 Å². The van der Waals surface area contributed by atoms with Gasteiger partial charge >= 0.3 is 0 Å². The number of benzene rings is 1. The van der Waals surface area contributed by atoms with Crippen molar-refractivity contribution in [2.45, 2.75) is 6.61 Å². The number of hydrogen-bond acceptors (Lipinski definition) is 4. The van der Waals surface area contributed by atoms with Crippen LogP contribution in [0.1, 0.15) is 5.56 Å². The fourth-order valence-corrected chi connectivity index (χ4v) is 1.91. The molecule has 18 heavy (non-hydrogen) atoms. The Morgan fingerprint density at radius 3 is 2.78 bits per heavy atom. The summed E-state index contributed by atoms with van der Waals surface area (Å²) in [5.74, 6) is 0.433. The van der Waals surface area contributed by atoms with Gasteiger partial charge in [-0.2, -0.15) is 0 Å². The zero-order valence-corrected chi connectivity index (χ0v) is 10.8. The maximum absolute atomic E-state index is 10.9. The van der Waals surface area contributed by atoms with Gasteiger partial charge in [-0.1, -0.05) is 28.1 Å². The Kier molecular flexibility index (Phi) is 3.88. The first-order valence-corrected chi connectivity index (χ1v) is 5.93. The minimum Gasteiger partial charge on any atom is -0.472 e. The van der Waals surface area contributed by atoms with Crippen LogP contribution in [-0.4, -0.2) is 9.91 Å². The Labute approximate surface area is 112 Å². The van der Waals surface area contributed by atoms with E-state index in [4.69, 9.17) is 4.74 Å². The highest BCUT2D eigenvalue weighted by molar-refractivity contribution is 9.10. The molecule has 2 aromatic rings. The van der Waals surface area contributed by atoms with E-state index in [-0.39, 0.29) is 12.3 Å². The molecule has 0 amide bonds. The van der Waals surface area contributed by atoms with Crippen LogP contribution in [0.5, 0.6) is 5.88 Å². The molecule has 5 nitrogen and oxygen atoms in total. The summed E-state index contributed by atoms with van der Waals surface area (Å²) in [6, 6.07) is 10.1. The first-order valence-electron chi connectivity index (χ1n) is 5.14. The number of hydrogen-bond donors (Lipinski definition) is 0. The minimum atomic E-state index is -0.429. The molecule has 1 aromatic heterocycles. The molecular weight excluding hydrogens is 300 g/mol. The molecule has 0 bridgehead atoms. The zero-order chi connectivity index (χ0) is 13.0. The molecule has 1 aromatic carbocycles. The van der Waals surface area contributed by atoms with Crippen LogP contribution in [-0.2, 0) is 6.61 Å². The standard InChI is InChI=1S/C12H9BrN2O3/c13-10-4-3-5-11(15(16)17)9(10)8-18-12-6-1-2-7-14-12/h1-7H,8H2. The third kappa shape index (κ3) is 2.84. The number of nitro groups is 1. The SMILES string of the molecule is O=[N+]([O-])c1cccc(Br)c1COc1ccccn1. The Morgan fingerprint density at radius 2 is 2.11 bits per heavy atom. The minimum absolute atomic E-state index is 0.0281. The van der Waals surface area contributed by atoms with Crippen LogP contribution in [0.2, 0.25) is 0 Å². The van der Waals surface area contributed by atoms with Gasteiger partial charge in [-0.15, -0.1) is 0 Å². The largest absolute Gasteiger partial charge is 0.472 e. The number of nitro benzene ring substituents is 1. The van der Waals surface area contributed by atoms with Gasteiger partial charge in [0, 0.05) is 22.8 Å². The molecule has 0 aliphatic carbocycles. The van der Waals surface area contributed by atoms with Crippen molar-refractivity contribution in [2.75, 3.05) is 0 Å². The van der Waals surface area contributed by atoms with Crippen molar-refractivity contribution >= 4 is 21.6 Å². The van der Waals surface area contributed by atoms with Crippen LogP contribution in [0.3, 0.4) is 0 Å². The van der Waals surface area contributed by atoms with Crippen LogP contribution in [0.15, 0.2) is 47.1 Å². The van der Waals surface area contributed by atoms with E-state index in [0.29, 0.717) is 15.9 Å². The number of ether oxygens (including phenoxy) is 1. The maximum atomic E-state index is 10.9. The molecule has 0 radical (unpaired) electrons. The number of rotatable bonds is 4. The maximum Gasteiger partial charge on any atom is 0.277 e. The Bertz CT molecular complexity index is 561. The number of aromatic nitrogens is 1. The van der Waals surface area contributed by atoms with E-state index in [1.165, 1.54) is 6.07 Å². The fourth-order valence-electron chi connectivity index (χ4n) is 1.44. The third-order valence-electron chi connectivity index (χ3n) is 2.29. The van der Waals surface area contributed by atoms with E-state index >= 15 is 0 Å². The van der Waals surface area contributed by atoms with Gasteiger partial charge in [0.2, 0.25) is 5.88 Å². The lowest BCUT2D eigenvalue weighted by Crippen LogP contribution is -2.02. The summed E-state index contributed by atoms with van der Waals surface area (Å²) in [7, 11) is 0. The molecule has 2 rings (SSSR count). The summed E-state index contributed by atoms with van der Waals surface area (Å²) >= 11 is 3.28. The van der Waals surface area contributed by atoms with Crippen LogP contribution < -0.4 is 4.74 Å². The van der Waals surface area contributed by atoms with Crippen LogP contribution in [0, 0.1) is 10.1 Å². The molecule has 0 unspecified atom stereocenters. The molecule has 0 fully saturated rings. The first kappa shape index (κ1) is 12.5. The molecule has 0 aliphatic heterocycles. The number of halogens is 1. The van der Waals surface area contributed by atoms with E-state index in [1.54, 1.807) is 36.5 Å². The molecular formula is C12H9BrN2O3. The summed E-state index contributed by atoms with van der Waals surface area (Å²) in [5, 5.41) is 10.9. The molecule has 0 N–H and O–H groups in total. The monoisotopic (exact) mass is 308 g/mol. The smallest absolute Gasteiger partial charge is 0.277 e. The van der Waals surface area contributed by atoms with E-state index < -0.39 is 4.92 Å². The highest BCUT2D eigenvalue weighted by Crippen LogP contribution is 2.27. The van der Waals surface area contributed by atoms with Crippen molar-refractivity contribution in [3.63, 3.8) is 0 Å². The first-order chi connectivity index (χ1) is 8.68. The van der Waals surface area contributed by atoms with Gasteiger partial charge < -0.3 is 4.74 Å². The zero-order valence-electron chi connectivity index (χ0n) is 9.25. The Morgan fingerprint density at radius 1 is 1.28 bits per heavy atom. The number of pyridine rings is 1. The molecule has 0 aliphatic rings. The quantitative estimate of drug-likeness (QED) is 0.642. The van der Waals surface area contributed by atoms with Gasteiger partial charge in [0.25, 0.3) is 5.69 Å². The predicted octanol–water partition coefficient (Wildman–Crippen LogP) is 3.33. The molecule has 6 heteroatoms. The normalized spacial score (nSPS) is 10.1. The van der Waals surface area contributed by atoms with Gasteiger partial charge in [-0.05, 0) is 12.1 Å². The topological polar surface area (TPSA) is 65.3 Å². The molecule has 0 saturated carbocycles. The second-order valence-electron chi connectivity index (χ2n) is 3.45. The van der Waals surface area contributed by atoms with Crippen LogP contribution in [0.4, 0.5) is 5.69 Å². The second kappa shape index (κ2) is 5.59. The van der Waals surface area contributed by atoms with Crippen LogP contribution in [0.25, 0.3) is 0 Å². The lowest BCUT2D eigenvalue weighted by atomic mass is 10.2. The highest BCUT2D eigenvalue weighted by atomic mass is 79.9. The van der Waals surface area contributed by atoms with Crippen molar-refractivity contribution < 1.29 is 9.66 Å². The van der Waals surface area contributed by atoms with Crippen molar-refractivity contribution in [1.29, 1.82) is 0 Å². The summed E-state index contributed by atoms with van der Waals surface area (Å²) in [5.41, 5.74) is 0.522. The van der Waals surface area contributed by atoms with Gasteiger partial charge in [0.15, 0.2) is 0 Å². The van der Waals surface area contributed by atoms with Crippen molar-refractivity contribution in [1.82, 2.24) is 4.98 Å². The average molecular weight is 309 g/mol. The second-order valence-corrected chi connectivity index (χ2v) is 4.31.